The van der Waals surface area contributed by atoms with Crippen molar-refractivity contribution in [1.29, 1.82) is 0 Å². The number of nitrogens with two attached hydrogens (primary N) is 2. The monoisotopic (exact) mass is 947 g/mol. The van der Waals surface area contributed by atoms with Crippen LogP contribution in [-0.2, 0) is 36.5 Å². The lowest BCUT2D eigenvalue weighted by Crippen LogP contribution is -2.70. The van der Waals surface area contributed by atoms with Crippen LogP contribution < -0.4 is 36.9 Å². The largest absolute Gasteiger partial charge is 0.492 e. The third kappa shape index (κ3) is 10.5. The van der Waals surface area contributed by atoms with Crippen molar-refractivity contribution < 1.29 is 38.0 Å². The molecule has 2 heterocycles. The average molecular weight is 947 g/mol. The van der Waals surface area contributed by atoms with Gasteiger partial charge in [-0.2, -0.15) is 0 Å². The van der Waals surface area contributed by atoms with Crippen molar-refractivity contribution in [2.24, 2.45) is 28.7 Å². The van der Waals surface area contributed by atoms with E-state index in [1.807, 2.05) is 31.2 Å². The van der Waals surface area contributed by atoms with E-state index in [0.29, 0.717) is 51.7 Å². The molecule has 16 heteroatoms. The molecule has 6 bridgehead atoms. The van der Waals surface area contributed by atoms with Crippen LogP contribution >= 0.6 is 0 Å². The van der Waals surface area contributed by atoms with E-state index in [1.165, 1.54) is 30.6 Å². The third-order valence-corrected chi connectivity index (χ3v) is 15.3. The molecular formula is C53H73BN7O8+. The van der Waals surface area contributed by atoms with Gasteiger partial charge >= 0.3 is 12.8 Å². The second-order valence-corrected chi connectivity index (χ2v) is 20.3. The van der Waals surface area contributed by atoms with Crippen LogP contribution in [0.3, 0.4) is 0 Å². The molecule has 69 heavy (non-hydrogen) atoms. The van der Waals surface area contributed by atoms with Crippen LogP contribution in [0.5, 0.6) is 11.5 Å². The minimum Gasteiger partial charge on any atom is -0.492 e. The minimum atomic E-state index is -1.21. The highest BCUT2D eigenvalue weighted by atomic mass is 16.7. The van der Waals surface area contributed by atoms with E-state index >= 15 is 0 Å². The fraction of sp³-hybridized carbons (Fsp3) is 0.566. The van der Waals surface area contributed by atoms with Crippen molar-refractivity contribution in [1.82, 2.24) is 20.9 Å². The van der Waals surface area contributed by atoms with Crippen LogP contribution in [0.1, 0.15) is 126 Å². The molecule has 370 valence electrons. The smallest absolute Gasteiger partial charge is 0.487 e. The number of hydrogen-bond donors (Lipinski definition) is 5. The van der Waals surface area contributed by atoms with Crippen LogP contribution in [0, 0.1) is 23.8 Å². The molecule has 8 atom stereocenters. The van der Waals surface area contributed by atoms with Crippen molar-refractivity contribution in [3.8, 4) is 29.2 Å². The summed E-state index contributed by atoms with van der Waals surface area (Å²) in [6, 6.07) is 14.8. The first kappa shape index (κ1) is 51.4. The summed E-state index contributed by atoms with van der Waals surface area (Å²) >= 11 is 0. The van der Waals surface area contributed by atoms with Gasteiger partial charge in [0.1, 0.15) is 42.8 Å². The Bertz CT molecular complexity index is 2390. The number of nitrogens with zero attached hydrogens (tertiary/aromatic N) is 2. The molecule has 0 aromatic heterocycles. The van der Waals surface area contributed by atoms with Gasteiger partial charge in [0.05, 0.1) is 12.4 Å². The molecule has 2 aliphatic heterocycles. The zero-order chi connectivity index (χ0) is 49.7. The zero-order valence-electron chi connectivity index (χ0n) is 41.6. The SMILES string of the molecule is C#[N+][C@@]12C[C@@H]3C[C@@H](C3(C)C)[C@]1(C)OB([C@H](C)NC(=O)[C@@H]1Cc3ccc(OCCN)c(c3)-c3cc(ccc3OCCN)[C@H](N(C)C(=O)c3ccc(CCCCCCCC)cc3)C(=O)N[C@@H](C)C(=O)N1)O2. The number of fused-ring (bicyclic) bond motifs is 5. The molecule has 8 rings (SSSR count). The van der Waals surface area contributed by atoms with Crippen molar-refractivity contribution in [2.75, 3.05) is 33.4 Å². The minimum absolute atomic E-state index is 0.0157. The van der Waals surface area contributed by atoms with Crippen LogP contribution in [0.4, 0.5) is 0 Å². The van der Waals surface area contributed by atoms with Gasteiger partial charge in [-0.3, -0.25) is 19.2 Å². The predicted octanol–water partition coefficient (Wildman–Crippen LogP) is 6.35. The summed E-state index contributed by atoms with van der Waals surface area (Å²) in [5, 5.41) is 8.82. The molecule has 1 saturated heterocycles. The Labute approximate surface area is 408 Å². The van der Waals surface area contributed by atoms with Crippen LogP contribution in [-0.4, -0.2) is 98.3 Å². The molecule has 0 radical (unpaired) electrons. The number of rotatable bonds is 18. The Morgan fingerprint density at radius 2 is 1.57 bits per heavy atom. The van der Waals surface area contributed by atoms with Gasteiger partial charge in [0.15, 0.2) is 5.60 Å². The van der Waals surface area contributed by atoms with Gasteiger partial charge in [-0.1, -0.05) is 77.1 Å². The summed E-state index contributed by atoms with van der Waals surface area (Å²) in [4.78, 5) is 63.5. The summed E-state index contributed by atoms with van der Waals surface area (Å²) in [5.41, 5.74) is 13.8. The molecule has 3 aromatic carbocycles. The number of hydrogen-bond acceptors (Lipinski definition) is 10. The first-order valence-electron chi connectivity index (χ1n) is 25.0. The maximum atomic E-state index is 14.7. The normalized spacial score (nSPS) is 26.2. The van der Waals surface area contributed by atoms with E-state index in [4.69, 9.17) is 36.8 Å². The lowest BCUT2D eigenvalue weighted by atomic mass is 9.42. The van der Waals surface area contributed by atoms with Crippen molar-refractivity contribution in [2.45, 2.75) is 141 Å². The molecule has 3 aromatic rings. The molecule has 0 spiro atoms. The summed E-state index contributed by atoms with van der Waals surface area (Å²) in [7, 11) is 0.694. The molecule has 4 amide bonds. The summed E-state index contributed by atoms with van der Waals surface area (Å²) in [6.45, 7) is 19.0. The second-order valence-electron chi connectivity index (χ2n) is 20.3. The van der Waals surface area contributed by atoms with Gasteiger partial charge in [-0.25, -0.2) is 0 Å². The summed E-state index contributed by atoms with van der Waals surface area (Å²) in [6.07, 6.45) is 9.68. The molecule has 3 saturated carbocycles. The van der Waals surface area contributed by atoms with Gasteiger partial charge in [0.2, 0.25) is 17.7 Å². The van der Waals surface area contributed by atoms with Gasteiger partial charge < -0.3 is 51.1 Å². The number of benzene rings is 3. The van der Waals surface area contributed by atoms with Crippen molar-refractivity contribution in [3.05, 3.63) is 87.8 Å². The lowest BCUT2D eigenvalue weighted by Gasteiger charge is -2.63. The van der Waals surface area contributed by atoms with Crippen LogP contribution in [0.2, 0.25) is 0 Å². The van der Waals surface area contributed by atoms with Gasteiger partial charge in [-0.15, -0.1) is 0 Å². The van der Waals surface area contributed by atoms with E-state index in [0.717, 1.165) is 31.2 Å². The highest BCUT2D eigenvalue weighted by molar-refractivity contribution is 6.48. The number of likely N-dealkylation sites (N-methyl/N-ethyl adjacent to an activating group) is 1. The fourth-order valence-corrected chi connectivity index (χ4v) is 11.0. The number of aryl methyl sites for hydroxylation is 1. The number of amides is 4. The highest BCUT2D eigenvalue weighted by Crippen LogP contribution is 2.69. The first-order chi connectivity index (χ1) is 33.0. The Morgan fingerprint density at radius 1 is 0.913 bits per heavy atom. The van der Waals surface area contributed by atoms with E-state index in [1.54, 1.807) is 57.3 Å². The standard InChI is InChI=1S/C53H72BN7O8/c1-9-10-11-12-13-14-15-35-16-19-37(20-17-35)50(65)61(8)46-38-21-23-44(67-27-25-56)41(30-38)40-28-36(18-22-43(40)66-26-24-55)29-42(60-47(62)33(2)58-49(46)64)48(63)59-34(3)54-68-52(6)45-31-39(51(45,4)5)32-53(52,57-7)69-54/h7,16-23,28,30,33-34,39,42,45-46H,9-15,24-27,29,31-32,55-56H2,1-6,8H3,(H2-,58,59,60,62,63,64)/p+1/t33-,34-,39-,42-,45-,46-,52-,53+/m0/s1. The summed E-state index contributed by atoms with van der Waals surface area (Å²) in [5.74, 6) is -1.35. The fourth-order valence-electron chi connectivity index (χ4n) is 11.0. The molecule has 15 nitrogen and oxygen atoms in total. The summed E-state index contributed by atoms with van der Waals surface area (Å²) < 4.78 is 25.7. The predicted molar refractivity (Wildman–Crippen MR) is 268 cm³/mol. The lowest BCUT2D eigenvalue weighted by molar-refractivity contribution is -0.226. The van der Waals surface area contributed by atoms with Gasteiger partial charge in [0, 0.05) is 49.2 Å². The Morgan fingerprint density at radius 3 is 2.22 bits per heavy atom. The van der Waals surface area contributed by atoms with E-state index in [-0.39, 0.29) is 50.0 Å². The topological polar surface area (TPSA) is 201 Å². The Balaban J connectivity index is 1.20. The van der Waals surface area contributed by atoms with Crippen LogP contribution in [0.25, 0.3) is 16.0 Å². The number of unbranched alkanes of at least 4 members (excludes halogenated alkanes) is 5. The van der Waals surface area contributed by atoms with Crippen molar-refractivity contribution >= 4 is 30.7 Å². The van der Waals surface area contributed by atoms with E-state index in [9.17, 15) is 19.2 Å². The maximum absolute atomic E-state index is 14.7. The number of ether oxygens (including phenoxy) is 2. The first-order valence-corrected chi connectivity index (χ1v) is 25.0. The molecule has 7 N–H and O–H groups in total. The van der Waals surface area contributed by atoms with Gasteiger partial charge in [0.25, 0.3) is 12.5 Å². The Hall–Kier alpha value is -5.47. The highest BCUT2D eigenvalue weighted by Gasteiger charge is 2.81. The van der Waals surface area contributed by atoms with Crippen LogP contribution in [0.15, 0.2) is 60.7 Å². The molecule has 3 aliphatic carbocycles. The van der Waals surface area contributed by atoms with Gasteiger partial charge in [-0.05, 0) is 109 Å². The molecule has 5 aliphatic rings. The number of carbonyl (C=O) groups excluding carboxylic acids is 4. The molecule has 0 unspecified atom stereocenters. The third-order valence-electron chi connectivity index (χ3n) is 15.3. The number of nitrogens with one attached hydrogen (secondary N) is 3. The Kier molecular flexibility index (Phi) is 16.1. The van der Waals surface area contributed by atoms with Crippen molar-refractivity contribution in [3.63, 3.8) is 0 Å². The average Bonchev–Trinajstić information content (AvgIpc) is 3.67. The quantitative estimate of drug-likeness (QED) is 0.0707. The molecule has 4 fully saturated rings. The zero-order valence-corrected chi connectivity index (χ0v) is 41.6. The number of carbonyl (C=O) groups is 4. The molecular weight excluding hydrogens is 873 g/mol. The van der Waals surface area contributed by atoms with E-state index in [2.05, 4.69) is 41.6 Å². The maximum Gasteiger partial charge on any atom is 0.487 e. The second kappa shape index (κ2) is 21.7. The van der Waals surface area contributed by atoms with E-state index < -0.39 is 60.2 Å².